The Hall–Kier alpha value is -0.980. The van der Waals surface area contributed by atoms with Gasteiger partial charge in [-0.05, 0) is 36.8 Å². The first kappa shape index (κ1) is 16.9. The summed E-state index contributed by atoms with van der Waals surface area (Å²) in [6.07, 6.45) is 2.82. The molecule has 0 aromatic heterocycles. The number of fused-ring (bicyclic) bond motifs is 1. The van der Waals surface area contributed by atoms with Crippen molar-refractivity contribution in [2.45, 2.75) is 50.0 Å². The molecule has 5 heteroatoms. The van der Waals surface area contributed by atoms with Crippen LogP contribution in [-0.2, 0) is 11.2 Å². The number of hydrogen-bond acceptors (Lipinski definition) is 5. The summed E-state index contributed by atoms with van der Waals surface area (Å²) in [5.41, 5.74) is 2.59. The van der Waals surface area contributed by atoms with Crippen LogP contribution in [-0.4, -0.2) is 64.8 Å². The van der Waals surface area contributed by atoms with Gasteiger partial charge in [0.15, 0.2) is 0 Å². The summed E-state index contributed by atoms with van der Waals surface area (Å²) in [6, 6.07) is 8.30. The van der Waals surface area contributed by atoms with Crippen molar-refractivity contribution in [2.24, 2.45) is 0 Å². The molecule has 0 saturated carbocycles. The lowest BCUT2D eigenvalue weighted by Gasteiger charge is -2.28. The maximum atomic E-state index is 10.3. The number of hydrogen-bond donors (Lipinski definition) is 3. The number of aliphatic hydroxyl groups excluding tert-OH is 3. The number of aliphatic hydroxyl groups is 3. The number of rotatable bonds is 6. The zero-order valence-corrected chi connectivity index (χ0v) is 13.5. The normalized spacial score (nSPS) is 29.4. The molecule has 0 radical (unpaired) electrons. The molecule has 1 aromatic rings. The van der Waals surface area contributed by atoms with Gasteiger partial charge in [0.2, 0.25) is 0 Å². The highest BCUT2D eigenvalue weighted by Crippen LogP contribution is 2.32. The molecule has 1 saturated heterocycles. The van der Waals surface area contributed by atoms with Crippen molar-refractivity contribution in [2.75, 3.05) is 26.3 Å². The molecule has 5 nitrogen and oxygen atoms in total. The predicted octanol–water partition coefficient (Wildman–Crippen LogP) is 0.869. The van der Waals surface area contributed by atoms with Crippen LogP contribution in [0.25, 0.3) is 0 Å². The smallest absolute Gasteiger partial charge is 0.0900 e. The summed E-state index contributed by atoms with van der Waals surface area (Å²) in [6.45, 7) is 1.23. The monoisotopic (exact) mass is 321 g/mol. The quantitative estimate of drug-likeness (QED) is 0.725. The Morgan fingerprint density at radius 3 is 2.96 bits per heavy atom. The van der Waals surface area contributed by atoms with Crippen molar-refractivity contribution in [1.29, 1.82) is 0 Å². The first-order valence-electron chi connectivity index (χ1n) is 8.57. The molecule has 1 fully saturated rings. The van der Waals surface area contributed by atoms with Gasteiger partial charge in [0, 0.05) is 19.1 Å². The topological polar surface area (TPSA) is 73.2 Å². The lowest BCUT2D eigenvalue weighted by atomic mass is 9.89. The Balaban J connectivity index is 1.51. The number of ether oxygens (including phenoxy) is 1. The van der Waals surface area contributed by atoms with E-state index in [9.17, 15) is 15.3 Å². The van der Waals surface area contributed by atoms with Crippen LogP contribution < -0.4 is 0 Å². The second-order valence-electron chi connectivity index (χ2n) is 6.75. The first-order valence-corrected chi connectivity index (χ1v) is 8.57. The van der Waals surface area contributed by atoms with E-state index in [2.05, 4.69) is 18.2 Å². The van der Waals surface area contributed by atoms with Gasteiger partial charge in [-0.3, -0.25) is 4.90 Å². The molecule has 1 aliphatic heterocycles. The second-order valence-corrected chi connectivity index (χ2v) is 6.75. The van der Waals surface area contributed by atoms with Crippen LogP contribution in [0, 0.1) is 0 Å². The fourth-order valence-corrected chi connectivity index (χ4v) is 3.80. The summed E-state index contributed by atoms with van der Waals surface area (Å²) in [5, 5.41) is 29.3. The van der Waals surface area contributed by atoms with Crippen molar-refractivity contribution in [3.05, 3.63) is 35.4 Å². The molecule has 4 atom stereocenters. The number of aryl methyl sites for hydroxylation is 1. The lowest BCUT2D eigenvalue weighted by Crippen LogP contribution is -2.40. The summed E-state index contributed by atoms with van der Waals surface area (Å²) < 4.78 is 5.98. The molecule has 0 amide bonds. The van der Waals surface area contributed by atoms with E-state index in [-0.39, 0.29) is 25.4 Å². The van der Waals surface area contributed by atoms with Crippen LogP contribution in [0.1, 0.15) is 36.5 Å². The van der Waals surface area contributed by atoms with Gasteiger partial charge < -0.3 is 20.1 Å². The standard InChI is InChI=1S/C18H27NO4/c20-11-14-8-15(21)9-19(14)10-16(22)12-23-18-7-3-5-13-4-1-2-6-17(13)18/h1-2,4,6,14-16,18,20-22H,3,5,7-12H2. The Bertz CT molecular complexity index is 510. The van der Waals surface area contributed by atoms with Crippen LogP contribution >= 0.6 is 0 Å². The van der Waals surface area contributed by atoms with E-state index in [0.29, 0.717) is 19.5 Å². The van der Waals surface area contributed by atoms with E-state index in [1.165, 1.54) is 11.1 Å². The lowest BCUT2D eigenvalue weighted by molar-refractivity contribution is -0.0316. The minimum absolute atomic E-state index is 0.0145. The third kappa shape index (κ3) is 4.11. The maximum Gasteiger partial charge on any atom is 0.0900 e. The third-order valence-electron chi connectivity index (χ3n) is 4.97. The van der Waals surface area contributed by atoms with E-state index in [1.807, 2.05) is 11.0 Å². The Kier molecular flexibility index (Phi) is 5.67. The zero-order valence-electron chi connectivity index (χ0n) is 13.5. The van der Waals surface area contributed by atoms with Gasteiger partial charge in [0.05, 0.1) is 31.5 Å². The highest BCUT2D eigenvalue weighted by molar-refractivity contribution is 5.31. The number of β-amino-alcohol motifs (C(OH)–C–C–N with tert-alkyl or cyclic N) is 2. The largest absolute Gasteiger partial charge is 0.395 e. The van der Waals surface area contributed by atoms with Crippen LogP contribution in [0.15, 0.2) is 24.3 Å². The van der Waals surface area contributed by atoms with Crippen molar-refractivity contribution >= 4 is 0 Å². The van der Waals surface area contributed by atoms with Gasteiger partial charge in [-0.15, -0.1) is 0 Å². The van der Waals surface area contributed by atoms with E-state index in [1.54, 1.807) is 0 Å². The van der Waals surface area contributed by atoms with E-state index < -0.39 is 12.2 Å². The zero-order chi connectivity index (χ0) is 16.2. The summed E-state index contributed by atoms with van der Waals surface area (Å²) >= 11 is 0. The molecule has 1 aromatic carbocycles. The molecule has 1 aliphatic carbocycles. The van der Waals surface area contributed by atoms with Crippen LogP contribution in [0.3, 0.4) is 0 Å². The van der Waals surface area contributed by atoms with Gasteiger partial charge in [-0.25, -0.2) is 0 Å². The average Bonchev–Trinajstić information content (AvgIpc) is 2.92. The number of nitrogens with zero attached hydrogens (tertiary/aromatic N) is 1. The summed E-state index contributed by atoms with van der Waals surface area (Å²) in [7, 11) is 0. The molecule has 0 spiro atoms. The van der Waals surface area contributed by atoms with Gasteiger partial charge >= 0.3 is 0 Å². The molecular weight excluding hydrogens is 294 g/mol. The van der Waals surface area contributed by atoms with Gasteiger partial charge in [-0.1, -0.05) is 24.3 Å². The second kappa shape index (κ2) is 7.73. The maximum absolute atomic E-state index is 10.3. The molecule has 0 bridgehead atoms. The molecule has 1 heterocycles. The van der Waals surface area contributed by atoms with Crippen LogP contribution in [0.2, 0.25) is 0 Å². The van der Waals surface area contributed by atoms with Crippen molar-refractivity contribution < 1.29 is 20.1 Å². The third-order valence-corrected chi connectivity index (χ3v) is 4.97. The molecule has 3 N–H and O–H groups in total. The Morgan fingerprint density at radius 2 is 2.13 bits per heavy atom. The fourth-order valence-electron chi connectivity index (χ4n) is 3.80. The van der Waals surface area contributed by atoms with E-state index >= 15 is 0 Å². The minimum Gasteiger partial charge on any atom is -0.395 e. The average molecular weight is 321 g/mol. The number of likely N-dealkylation sites (tertiary alicyclic amines) is 1. The molecule has 4 unspecified atom stereocenters. The van der Waals surface area contributed by atoms with E-state index in [4.69, 9.17) is 4.74 Å². The van der Waals surface area contributed by atoms with Crippen molar-refractivity contribution in [3.63, 3.8) is 0 Å². The summed E-state index contributed by atoms with van der Waals surface area (Å²) in [5.74, 6) is 0. The first-order chi connectivity index (χ1) is 11.2. The molecule has 128 valence electrons. The highest BCUT2D eigenvalue weighted by Gasteiger charge is 2.31. The molecule has 23 heavy (non-hydrogen) atoms. The van der Waals surface area contributed by atoms with Gasteiger partial charge in [-0.2, -0.15) is 0 Å². The van der Waals surface area contributed by atoms with Gasteiger partial charge in [0.1, 0.15) is 0 Å². The molecular formula is C18H27NO4. The minimum atomic E-state index is -0.608. The number of benzene rings is 1. The predicted molar refractivity (Wildman–Crippen MR) is 87.2 cm³/mol. The fraction of sp³-hybridized carbons (Fsp3) is 0.667. The highest BCUT2D eigenvalue weighted by atomic mass is 16.5. The van der Waals surface area contributed by atoms with Gasteiger partial charge in [0.25, 0.3) is 0 Å². The Labute approximate surface area is 137 Å². The van der Waals surface area contributed by atoms with Crippen LogP contribution in [0.5, 0.6) is 0 Å². The Morgan fingerprint density at radius 1 is 1.30 bits per heavy atom. The van der Waals surface area contributed by atoms with Crippen molar-refractivity contribution in [1.82, 2.24) is 4.90 Å². The summed E-state index contributed by atoms with van der Waals surface area (Å²) in [4.78, 5) is 1.95. The van der Waals surface area contributed by atoms with E-state index in [0.717, 1.165) is 19.3 Å². The van der Waals surface area contributed by atoms with Crippen LogP contribution in [0.4, 0.5) is 0 Å². The molecule has 3 rings (SSSR count). The SMILES string of the molecule is OCC1CC(O)CN1CC(O)COC1CCCc2ccccc21. The molecule has 2 aliphatic rings. The van der Waals surface area contributed by atoms with Crippen molar-refractivity contribution in [3.8, 4) is 0 Å².